The zero-order valence-electron chi connectivity index (χ0n) is 18.4. The first-order chi connectivity index (χ1) is 15.6. The van der Waals surface area contributed by atoms with Crippen molar-refractivity contribution in [1.82, 2.24) is 15.0 Å². The van der Waals surface area contributed by atoms with Crippen molar-refractivity contribution in [2.24, 2.45) is 0 Å². The number of benzene rings is 3. The van der Waals surface area contributed by atoms with Gasteiger partial charge in [0.2, 0.25) is 17.6 Å². The van der Waals surface area contributed by atoms with Gasteiger partial charge in [-0.05, 0) is 31.0 Å². The van der Waals surface area contributed by atoms with Crippen LogP contribution in [-0.4, -0.2) is 27.5 Å². The lowest BCUT2D eigenvalue weighted by molar-refractivity contribution is -0.132. The van der Waals surface area contributed by atoms with E-state index in [1.807, 2.05) is 74.5 Å². The van der Waals surface area contributed by atoms with Crippen LogP contribution in [0, 0.1) is 6.92 Å². The summed E-state index contributed by atoms with van der Waals surface area (Å²) < 4.78 is 5.46. The normalized spacial score (nSPS) is 11.0. The molecule has 0 bridgehead atoms. The van der Waals surface area contributed by atoms with E-state index in [0.29, 0.717) is 31.2 Å². The molecule has 1 aromatic heterocycles. The van der Waals surface area contributed by atoms with Gasteiger partial charge < -0.3 is 9.42 Å². The molecule has 5 nitrogen and oxygen atoms in total. The Morgan fingerprint density at radius 1 is 0.938 bits per heavy atom. The van der Waals surface area contributed by atoms with Crippen molar-refractivity contribution >= 4 is 5.91 Å². The van der Waals surface area contributed by atoms with Gasteiger partial charge in [0, 0.05) is 24.4 Å². The van der Waals surface area contributed by atoms with Crippen LogP contribution in [0.5, 0.6) is 0 Å². The van der Waals surface area contributed by atoms with Crippen LogP contribution >= 0.6 is 0 Å². The molecule has 32 heavy (non-hydrogen) atoms. The standard InChI is InChI=1S/C27H27N3O2/c1-3-30(19-25-28-27(29-32-25)23-16-10-11-20(2)17-23)26(31)18-24(21-12-6-4-7-13-21)22-14-8-5-9-15-22/h4-17,24H,3,18-19H2,1-2H3. The van der Waals surface area contributed by atoms with E-state index >= 15 is 0 Å². The van der Waals surface area contributed by atoms with E-state index in [2.05, 4.69) is 34.4 Å². The molecule has 1 heterocycles. The zero-order valence-corrected chi connectivity index (χ0v) is 18.4. The van der Waals surface area contributed by atoms with Crippen LogP contribution in [0.3, 0.4) is 0 Å². The van der Waals surface area contributed by atoms with Crippen molar-refractivity contribution in [3.05, 3.63) is 108 Å². The Bertz CT molecular complexity index is 1120. The minimum absolute atomic E-state index is 0.00973. The number of aryl methyl sites for hydroxylation is 1. The molecule has 162 valence electrons. The molecule has 0 spiro atoms. The number of hydrogen-bond acceptors (Lipinski definition) is 4. The van der Waals surface area contributed by atoms with Gasteiger partial charge in [-0.3, -0.25) is 4.79 Å². The molecule has 4 aromatic rings. The van der Waals surface area contributed by atoms with Gasteiger partial charge in [0.15, 0.2) is 0 Å². The first kappa shape index (κ1) is 21.5. The smallest absolute Gasteiger partial charge is 0.246 e. The highest BCUT2D eigenvalue weighted by Crippen LogP contribution is 2.29. The average molecular weight is 426 g/mol. The van der Waals surface area contributed by atoms with Crippen LogP contribution in [0.25, 0.3) is 11.4 Å². The number of rotatable bonds is 8. The minimum Gasteiger partial charge on any atom is -0.337 e. The summed E-state index contributed by atoms with van der Waals surface area (Å²) in [5.41, 5.74) is 4.29. The molecule has 1 amide bonds. The highest BCUT2D eigenvalue weighted by molar-refractivity contribution is 5.77. The topological polar surface area (TPSA) is 59.2 Å². The highest BCUT2D eigenvalue weighted by atomic mass is 16.5. The molecule has 0 fully saturated rings. The minimum atomic E-state index is -0.00973. The summed E-state index contributed by atoms with van der Waals surface area (Å²) in [6, 6.07) is 28.3. The first-order valence-electron chi connectivity index (χ1n) is 10.9. The Hall–Kier alpha value is -3.73. The van der Waals surface area contributed by atoms with E-state index < -0.39 is 0 Å². The number of nitrogens with zero attached hydrogens (tertiary/aromatic N) is 3. The predicted octanol–water partition coefficient (Wildman–Crippen LogP) is 5.62. The Kier molecular flexibility index (Phi) is 6.75. The second kappa shape index (κ2) is 10.1. The van der Waals surface area contributed by atoms with Crippen LogP contribution in [0.1, 0.15) is 41.8 Å². The molecule has 3 aromatic carbocycles. The molecule has 0 aliphatic heterocycles. The van der Waals surface area contributed by atoms with Gasteiger partial charge in [-0.15, -0.1) is 0 Å². The molecule has 0 aliphatic carbocycles. The monoisotopic (exact) mass is 425 g/mol. The molecular weight excluding hydrogens is 398 g/mol. The van der Waals surface area contributed by atoms with Crippen LogP contribution in [0.2, 0.25) is 0 Å². The molecule has 5 heteroatoms. The van der Waals surface area contributed by atoms with E-state index in [1.54, 1.807) is 4.90 Å². The van der Waals surface area contributed by atoms with Gasteiger partial charge in [-0.1, -0.05) is 89.6 Å². The molecule has 0 radical (unpaired) electrons. The van der Waals surface area contributed by atoms with Crippen molar-refractivity contribution < 1.29 is 9.32 Å². The van der Waals surface area contributed by atoms with E-state index in [9.17, 15) is 4.79 Å². The Morgan fingerprint density at radius 2 is 1.59 bits per heavy atom. The van der Waals surface area contributed by atoms with Crippen molar-refractivity contribution in [3.8, 4) is 11.4 Å². The largest absolute Gasteiger partial charge is 0.337 e. The third kappa shape index (κ3) is 5.11. The van der Waals surface area contributed by atoms with Crippen molar-refractivity contribution in [2.75, 3.05) is 6.54 Å². The summed E-state index contributed by atoms with van der Waals surface area (Å²) in [6.07, 6.45) is 0.376. The fourth-order valence-corrected chi connectivity index (χ4v) is 3.86. The van der Waals surface area contributed by atoms with E-state index in [1.165, 1.54) is 0 Å². The zero-order chi connectivity index (χ0) is 22.3. The second-order valence-corrected chi connectivity index (χ2v) is 7.87. The Morgan fingerprint density at radius 3 is 2.19 bits per heavy atom. The summed E-state index contributed by atoms with van der Waals surface area (Å²) in [4.78, 5) is 19.6. The van der Waals surface area contributed by atoms with Gasteiger partial charge in [-0.2, -0.15) is 4.98 Å². The maximum absolute atomic E-state index is 13.3. The number of carbonyl (C=O) groups is 1. The second-order valence-electron chi connectivity index (χ2n) is 7.87. The fourth-order valence-electron chi connectivity index (χ4n) is 3.86. The fraction of sp³-hybridized carbons (Fsp3) is 0.222. The summed E-state index contributed by atoms with van der Waals surface area (Å²) in [7, 11) is 0. The molecule has 0 saturated carbocycles. The summed E-state index contributed by atoms with van der Waals surface area (Å²) >= 11 is 0. The van der Waals surface area contributed by atoms with Crippen molar-refractivity contribution in [3.63, 3.8) is 0 Å². The van der Waals surface area contributed by atoms with E-state index in [4.69, 9.17) is 4.52 Å². The summed E-state index contributed by atoms with van der Waals surface area (Å²) in [6.45, 7) is 4.86. The van der Waals surface area contributed by atoms with Crippen LogP contribution in [0.4, 0.5) is 0 Å². The van der Waals surface area contributed by atoms with Crippen LogP contribution in [-0.2, 0) is 11.3 Å². The number of amides is 1. The molecule has 0 aliphatic rings. The highest BCUT2D eigenvalue weighted by Gasteiger charge is 2.23. The predicted molar refractivity (Wildman–Crippen MR) is 125 cm³/mol. The number of carbonyl (C=O) groups excluding carboxylic acids is 1. The van der Waals surface area contributed by atoms with Crippen LogP contribution < -0.4 is 0 Å². The molecule has 0 saturated heterocycles. The summed E-state index contributed by atoms with van der Waals surface area (Å²) in [5, 5.41) is 4.11. The van der Waals surface area contributed by atoms with Gasteiger partial charge in [0.05, 0.1) is 6.54 Å². The van der Waals surface area contributed by atoms with Gasteiger partial charge in [0.25, 0.3) is 0 Å². The Labute approximate surface area is 188 Å². The molecule has 0 atom stereocenters. The molecule has 0 N–H and O–H groups in total. The first-order valence-corrected chi connectivity index (χ1v) is 10.9. The SMILES string of the molecule is CCN(Cc1nc(-c2cccc(C)c2)no1)C(=O)CC(c1ccccc1)c1ccccc1. The van der Waals surface area contributed by atoms with E-state index in [-0.39, 0.29) is 11.8 Å². The lowest BCUT2D eigenvalue weighted by Crippen LogP contribution is -2.31. The molecule has 0 unspecified atom stereocenters. The Balaban J connectivity index is 1.51. The lowest BCUT2D eigenvalue weighted by atomic mass is 9.88. The molecule has 4 rings (SSSR count). The van der Waals surface area contributed by atoms with Crippen molar-refractivity contribution in [1.29, 1.82) is 0 Å². The number of hydrogen-bond donors (Lipinski definition) is 0. The lowest BCUT2D eigenvalue weighted by Gasteiger charge is -2.23. The van der Waals surface area contributed by atoms with Gasteiger partial charge in [0.1, 0.15) is 0 Å². The van der Waals surface area contributed by atoms with Crippen molar-refractivity contribution in [2.45, 2.75) is 32.7 Å². The quantitative estimate of drug-likeness (QED) is 0.368. The maximum atomic E-state index is 13.3. The number of aromatic nitrogens is 2. The average Bonchev–Trinajstić information content (AvgIpc) is 3.31. The van der Waals surface area contributed by atoms with Gasteiger partial charge in [-0.25, -0.2) is 0 Å². The van der Waals surface area contributed by atoms with Crippen LogP contribution in [0.15, 0.2) is 89.5 Å². The molecular formula is C27H27N3O2. The third-order valence-electron chi connectivity index (χ3n) is 5.59. The third-order valence-corrected chi connectivity index (χ3v) is 5.59. The maximum Gasteiger partial charge on any atom is 0.246 e. The summed E-state index contributed by atoms with van der Waals surface area (Å²) in [5.74, 6) is 1.02. The van der Waals surface area contributed by atoms with Gasteiger partial charge >= 0.3 is 0 Å². The van der Waals surface area contributed by atoms with E-state index in [0.717, 1.165) is 22.3 Å².